The summed E-state index contributed by atoms with van der Waals surface area (Å²) in [6.07, 6.45) is 2.37. The lowest BCUT2D eigenvalue weighted by Crippen LogP contribution is -2.58. The van der Waals surface area contributed by atoms with E-state index in [1.807, 2.05) is 44.2 Å². The van der Waals surface area contributed by atoms with Gasteiger partial charge in [0.15, 0.2) is 5.96 Å². The van der Waals surface area contributed by atoms with E-state index in [2.05, 4.69) is 15.6 Å². The number of carboxylic acid groups (broad SMARTS) is 1. The van der Waals surface area contributed by atoms with Crippen LogP contribution in [0.2, 0.25) is 0 Å². The molecule has 5 atom stereocenters. The van der Waals surface area contributed by atoms with E-state index in [0.29, 0.717) is 32.1 Å². The summed E-state index contributed by atoms with van der Waals surface area (Å²) in [4.78, 5) is 56.6. The zero-order valence-corrected chi connectivity index (χ0v) is 22.1. The summed E-state index contributed by atoms with van der Waals surface area (Å²) < 4.78 is 0. The maximum Gasteiger partial charge on any atom is 0.326 e. The molecule has 3 amide bonds. The Balaban J connectivity index is 2.16. The molecule has 0 spiro atoms. The summed E-state index contributed by atoms with van der Waals surface area (Å²) in [6, 6.07) is 5.57. The Bertz CT molecular complexity index is 983. The quantitative estimate of drug-likeness (QED) is 0.106. The van der Waals surface area contributed by atoms with Crippen LogP contribution in [-0.4, -0.2) is 76.9 Å². The Morgan fingerprint density at radius 1 is 1.13 bits per heavy atom. The molecule has 1 fully saturated rings. The molecular weight excluding hydrogens is 490 g/mol. The number of nitrogens with two attached hydrogens (primary N) is 3. The molecule has 1 aromatic carbocycles. The lowest BCUT2D eigenvalue weighted by atomic mass is 9.96. The first kappa shape index (κ1) is 30.6. The first-order valence-corrected chi connectivity index (χ1v) is 13.0. The Morgan fingerprint density at radius 2 is 1.82 bits per heavy atom. The standard InChI is InChI=1S/C26H41N7O5/c1-3-16(2)21(32-22(34)18(27)15-17-9-5-4-6-10-17)23(35)31-19(11-7-13-30-26(28)29)24(36)33-14-8-12-20(33)25(37)38/h4-6,9-10,16,18-21H,3,7-8,11-15,27H2,1-2H3,(H,31,35)(H,32,34)(H,37,38)(H4,28,29,30). The SMILES string of the molecule is CCC(C)C(NC(=O)C(N)Cc1ccccc1)C(=O)NC(CCCN=C(N)N)C(=O)N1CCCC1C(=O)O. The van der Waals surface area contributed by atoms with Gasteiger partial charge in [-0.1, -0.05) is 50.6 Å². The lowest BCUT2D eigenvalue weighted by Gasteiger charge is -2.30. The van der Waals surface area contributed by atoms with Crippen molar-refractivity contribution >= 4 is 29.7 Å². The normalized spacial score (nSPS) is 18.1. The van der Waals surface area contributed by atoms with E-state index in [0.717, 1.165) is 5.56 Å². The van der Waals surface area contributed by atoms with Crippen LogP contribution in [-0.2, 0) is 25.6 Å². The first-order chi connectivity index (χ1) is 18.0. The highest BCUT2D eigenvalue weighted by atomic mass is 16.4. The van der Waals surface area contributed by atoms with Crippen molar-refractivity contribution in [1.82, 2.24) is 15.5 Å². The van der Waals surface area contributed by atoms with Crippen molar-refractivity contribution in [3.63, 3.8) is 0 Å². The zero-order valence-electron chi connectivity index (χ0n) is 22.1. The van der Waals surface area contributed by atoms with Gasteiger partial charge in [-0.25, -0.2) is 4.79 Å². The van der Waals surface area contributed by atoms with Crippen molar-refractivity contribution in [3.8, 4) is 0 Å². The maximum absolute atomic E-state index is 13.4. The van der Waals surface area contributed by atoms with E-state index in [1.165, 1.54) is 4.90 Å². The highest BCUT2D eigenvalue weighted by Gasteiger charge is 2.38. The van der Waals surface area contributed by atoms with Crippen LogP contribution >= 0.6 is 0 Å². The number of aliphatic imine (C=N–C) groups is 1. The van der Waals surface area contributed by atoms with Crippen LogP contribution in [0.3, 0.4) is 0 Å². The van der Waals surface area contributed by atoms with E-state index < -0.39 is 47.9 Å². The fourth-order valence-electron chi connectivity index (χ4n) is 4.43. The van der Waals surface area contributed by atoms with E-state index in [4.69, 9.17) is 17.2 Å². The third-order valence-corrected chi connectivity index (χ3v) is 6.81. The predicted octanol–water partition coefficient (Wildman–Crippen LogP) is -0.299. The minimum atomic E-state index is -1.08. The lowest BCUT2D eigenvalue weighted by molar-refractivity contribution is -0.149. The van der Waals surface area contributed by atoms with Gasteiger partial charge in [0.2, 0.25) is 17.7 Å². The number of rotatable bonds is 14. The van der Waals surface area contributed by atoms with Crippen molar-refractivity contribution in [1.29, 1.82) is 0 Å². The molecule has 12 heteroatoms. The second kappa shape index (κ2) is 14.9. The summed E-state index contributed by atoms with van der Waals surface area (Å²) in [7, 11) is 0. The molecule has 0 radical (unpaired) electrons. The Labute approximate surface area is 223 Å². The van der Waals surface area contributed by atoms with Gasteiger partial charge in [0.1, 0.15) is 18.1 Å². The third kappa shape index (κ3) is 9.02. The van der Waals surface area contributed by atoms with E-state index in [-0.39, 0.29) is 31.4 Å². The van der Waals surface area contributed by atoms with Crippen LogP contribution in [0.15, 0.2) is 35.3 Å². The number of aliphatic carboxylic acids is 1. The third-order valence-electron chi connectivity index (χ3n) is 6.81. The van der Waals surface area contributed by atoms with Gasteiger partial charge in [0.05, 0.1) is 6.04 Å². The van der Waals surface area contributed by atoms with Crippen molar-refractivity contribution in [3.05, 3.63) is 35.9 Å². The zero-order chi connectivity index (χ0) is 28.2. The van der Waals surface area contributed by atoms with Crippen LogP contribution < -0.4 is 27.8 Å². The number of amides is 3. The number of benzene rings is 1. The molecule has 0 aromatic heterocycles. The number of guanidine groups is 1. The number of nitrogens with one attached hydrogen (secondary N) is 2. The van der Waals surface area contributed by atoms with Gasteiger partial charge in [-0.3, -0.25) is 19.4 Å². The Morgan fingerprint density at radius 3 is 2.42 bits per heavy atom. The van der Waals surface area contributed by atoms with Gasteiger partial charge < -0.3 is 37.8 Å². The number of likely N-dealkylation sites (tertiary alicyclic amines) is 1. The van der Waals surface area contributed by atoms with Gasteiger partial charge in [-0.2, -0.15) is 0 Å². The second-order valence-electron chi connectivity index (χ2n) is 9.71. The molecular formula is C26H41N7O5. The van der Waals surface area contributed by atoms with Crippen LogP contribution in [0.5, 0.6) is 0 Å². The van der Waals surface area contributed by atoms with E-state index >= 15 is 0 Å². The van der Waals surface area contributed by atoms with Crippen LogP contribution in [0.25, 0.3) is 0 Å². The topological polar surface area (TPSA) is 206 Å². The first-order valence-electron chi connectivity index (χ1n) is 13.0. The Kier molecular flexibility index (Phi) is 12.0. The molecule has 5 unspecified atom stereocenters. The second-order valence-corrected chi connectivity index (χ2v) is 9.71. The molecule has 1 aliphatic heterocycles. The molecule has 1 aliphatic rings. The summed E-state index contributed by atoms with van der Waals surface area (Å²) in [6.45, 7) is 4.24. The molecule has 0 saturated carbocycles. The number of carbonyl (C=O) groups is 4. The van der Waals surface area contributed by atoms with E-state index in [9.17, 15) is 24.3 Å². The summed E-state index contributed by atoms with van der Waals surface area (Å²) >= 11 is 0. The molecule has 2 rings (SSSR count). The van der Waals surface area contributed by atoms with Gasteiger partial charge in [-0.15, -0.1) is 0 Å². The van der Waals surface area contributed by atoms with Gasteiger partial charge in [-0.05, 0) is 43.6 Å². The minimum Gasteiger partial charge on any atom is -0.480 e. The fourth-order valence-corrected chi connectivity index (χ4v) is 4.43. The van der Waals surface area contributed by atoms with Gasteiger partial charge >= 0.3 is 5.97 Å². The number of carbonyl (C=O) groups excluding carboxylic acids is 3. The van der Waals surface area contributed by atoms with Crippen molar-refractivity contribution < 1.29 is 24.3 Å². The number of hydrogen-bond donors (Lipinski definition) is 6. The highest BCUT2D eigenvalue weighted by Crippen LogP contribution is 2.20. The predicted molar refractivity (Wildman–Crippen MR) is 144 cm³/mol. The molecule has 1 saturated heterocycles. The fraction of sp³-hybridized carbons (Fsp3) is 0.577. The van der Waals surface area contributed by atoms with Crippen LogP contribution in [0, 0.1) is 5.92 Å². The highest BCUT2D eigenvalue weighted by molar-refractivity contribution is 5.94. The van der Waals surface area contributed by atoms with Crippen LogP contribution in [0.4, 0.5) is 0 Å². The number of carboxylic acids is 1. The number of nitrogens with zero attached hydrogens (tertiary/aromatic N) is 2. The summed E-state index contributed by atoms with van der Waals surface area (Å²) in [5, 5.41) is 15.1. The Hall–Kier alpha value is -3.67. The number of hydrogen-bond acceptors (Lipinski definition) is 6. The average Bonchev–Trinajstić information content (AvgIpc) is 3.38. The molecule has 1 aromatic rings. The largest absolute Gasteiger partial charge is 0.480 e. The van der Waals surface area contributed by atoms with Crippen molar-refractivity contribution in [2.75, 3.05) is 13.1 Å². The monoisotopic (exact) mass is 531 g/mol. The molecule has 38 heavy (non-hydrogen) atoms. The molecule has 9 N–H and O–H groups in total. The molecule has 0 bridgehead atoms. The smallest absolute Gasteiger partial charge is 0.326 e. The minimum absolute atomic E-state index is 0.0891. The van der Waals surface area contributed by atoms with Gasteiger partial charge in [0, 0.05) is 13.1 Å². The maximum atomic E-state index is 13.4. The molecule has 0 aliphatic carbocycles. The summed E-state index contributed by atoms with van der Waals surface area (Å²) in [5.74, 6) is -2.92. The summed E-state index contributed by atoms with van der Waals surface area (Å²) in [5.41, 5.74) is 17.8. The average molecular weight is 532 g/mol. The van der Waals surface area contributed by atoms with Crippen LogP contribution in [0.1, 0.15) is 51.5 Å². The van der Waals surface area contributed by atoms with Crippen molar-refractivity contribution in [2.45, 2.75) is 76.5 Å². The van der Waals surface area contributed by atoms with Crippen molar-refractivity contribution in [2.24, 2.45) is 28.1 Å². The van der Waals surface area contributed by atoms with E-state index in [1.54, 1.807) is 0 Å². The molecule has 12 nitrogen and oxygen atoms in total. The van der Waals surface area contributed by atoms with Gasteiger partial charge in [0.25, 0.3) is 0 Å². The molecule has 210 valence electrons. The molecule has 1 heterocycles.